The van der Waals surface area contributed by atoms with Crippen molar-refractivity contribution in [3.8, 4) is 5.75 Å². The number of para-hydroxylation sites is 1. The quantitative estimate of drug-likeness (QED) is 0.599. The molecule has 23 heavy (non-hydrogen) atoms. The van der Waals surface area contributed by atoms with E-state index < -0.39 is 0 Å². The summed E-state index contributed by atoms with van der Waals surface area (Å²) in [5.41, 5.74) is 2.36. The van der Waals surface area contributed by atoms with E-state index in [-0.39, 0.29) is 0 Å². The average Bonchev–Trinajstić information content (AvgIpc) is 2.55. The number of hydrogen-bond donors (Lipinski definition) is 2. The van der Waals surface area contributed by atoms with Crippen LogP contribution in [0, 0.1) is 6.92 Å². The lowest BCUT2D eigenvalue weighted by Crippen LogP contribution is -2.29. The molecule has 2 rings (SSSR count). The van der Waals surface area contributed by atoms with Crippen LogP contribution in [0.2, 0.25) is 0 Å². The Morgan fingerprint density at radius 2 is 2.04 bits per heavy atom. The van der Waals surface area contributed by atoms with Gasteiger partial charge in [0.25, 0.3) is 0 Å². The second kappa shape index (κ2) is 9.10. The van der Waals surface area contributed by atoms with E-state index in [2.05, 4.69) is 21.7 Å². The molecule has 0 spiro atoms. The lowest BCUT2D eigenvalue weighted by molar-refractivity contribution is 0.336. The van der Waals surface area contributed by atoms with E-state index >= 15 is 0 Å². The fourth-order valence-electron chi connectivity index (χ4n) is 2.19. The highest BCUT2D eigenvalue weighted by molar-refractivity contribution is 7.80. The monoisotopic (exact) mass is 329 g/mol. The molecule has 0 aliphatic carbocycles. The van der Waals surface area contributed by atoms with Crippen LogP contribution in [0.1, 0.15) is 24.5 Å². The summed E-state index contributed by atoms with van der Waals surface area (Å²) >= 11 is 5.28. The summed E-state index contributed by atoms with van der Waals surface area (Å²) in [6.07, 6.45) is 3.75. The highest BCUT2D eigenvalue weighted by atomic mass is 32.1. The standard InChI is InChI=1S/C18H23N3OS/c1-3-22-16-9-5-4-7-15(16)8-6-12-19-18(23)21-17-11-10-14(2)13-20-17/h4-5,7,9-11,13H,3,6,8,12H2,1-2H3,(H2,19,20,21,23). The summed E-state index contributed by atoms with van der Waals surface area (Å²) in [6.45, 7) is 5.50. The SMILES string of the molecule is CCOc1ccccc1CCCNC(=S)Nc1ccc(C)cn1. The minimum absolute atomic E-state index is 0.597. The summed E-state index contributed by atoms with van der Waals surface area (Å²) in [7, 11) is 0. The number of benzene rings is 1. The third-order valence-corrected chi connectivity index (χ3v) is 3.58. The predicted octanol–water partition coefficient (Wildman–Crippen LogP) is 3.71. The molecular weight excluding hydrogens is 306 g/mol. The lowest BCUT2D eigenvalue weighted by Gasteiger charge is -2.12. The molecule has 1 aromatic heterocycles. The molecule has 0 saturated carbocycles. The second-order valence-electron chi connectivity index (χ2n) is 5.25. The molecule has 5 heteroatoms. The Hall–Kier alpha value is -2.14. The van der Waals surface area contributed by atoms with Crippen molar-refractivity contribution in [1.29, 1.82) is 0 Å². The molecule has 0 radical (unpaired) electrons. The van der Waals surface area contributed by atoms with E-state index in [0.717, 1.165) is 36.5 Å². The van der Waals surface area contributed by atoms with Crippen molar-refractivity contribution >= 4 is 23.1 Å². The van der Waals surface area contributed by atoms with Gasteiger partial charge in [-0.2, -0.15) is 0 Å². The fourth-order valence-corrected chi connectivity index (χ4v) is 2.40. The van der Waals surface area contributed by atoms with Crippen LogP contribution >= 0.6 is 12.2 Å². The summed E-state index contributed by atoms with van der Waals surface area (Å²) in [4.78, 5) is 4.27. The molecule has 0 unspecified atom stereocenters. The van der Waals surface area contributed by atoms with Gasteiger partial charge in [0.15, 0.2) is 5.11 Å². The van der Waals surface area contributed by atoms with E-state index in [0.29, 0.717) is 11.7 Å². The van der Waals surface area contributed by atoms with Gasteiger partial charge < -0.3 is 15.4 Å². The zero-order chi connectivity index (χ0) is 16.5. The van der Waals surface area contributed by atoms with Crippen LogP contribution in [0.4, 0.5) is 5.82 Å². The van der Waals surface area contributed by atoms with E-state index in [1.165, 1.54) is 5.56 Å². The number of aryl methyl sites for hydroxylation is 2. The van der Waals surface area contributed by atoms with Crippen LogP contribution in [0.5, 0.6) is 5.75 Å². The van der Waals surface area contributed by atoms with Crippen molar-refractivity contribution in [2.45, 2.75) is 26.7 Å². The first-order chi connectivity index (χ1) is 11.2. The van der Waals surface area contributed by atoms with Crippen LogP contribution in [-0.2, 0) is 6.42 Å². The number of aromatic nitrogens is 1. The van der Waals surface area contributed by atoms with Gasteiger partial charge in [0, 0.05) is 12.7 Å². The van der Waals surface area contributed by atoms with Gasteiger partial charge in [0.1, 0.15) is 11.6 Å². The first-order valence-corrected chi connectivity index (χ1v) is 8.28. The van der Waals surface area contributed by atoms with Crippen LogP contribution in [0.15, 0.2) is 42.6 Å². The number of thiocarbonyl (C=S) groups is 1. The number of nitrogens with zero attached hydrogens (tertiary/aromatic N) is 1. The minimum Gasteiger partial charge on any atom is -0.494 e. The highest BCUT2D eigenvalue weighted by Crippen LogP contribution is 2.19. The maximum Gasteiger partial charge on any atom is 0.171 e. The van der Waals surface area contributed by atoms with E-state index in [4.69, 9.17) is 17.0 Å². The molecule has 1 aromatic carbocycles. The summed E-state index contributed by atoms with van der Waals surface area (Å²) in [5, 5.41) is 6.89. The minimum atomic E-state index is 0.597. The van der Waals surface area contributed by atoms with Crippen molar-refractivity contribution < 1.29 is 4.74 Å². The van der Waals surface area contributed by atoms with Crippen LogP contribution in [-0.4, -0.2) is 23.2 Å². The first-order valence-electron chi connectivity index (χ1n) is 7.87. The number of nitrogens with one attached hydrogen (secondary N) is 2. The number of rotatable bonds is 7. The smallest absolute Gasteiger partial charge is 0.171 e. The normalized spacial score (nSPS) is 10.2. The molecule has 4 nitrogen and oxygen atoms in total. The molecule has 0 atom stereocenters. The Morgan fingerprint density at radius 3 is 2.78 bits per heavy atom. The molecule has 122 valence electrons. The summed E-state index contributed by atoms with van der Waals surface area (Å²) < 4.78 is 5.64. The molecule has 0 saturated heterocycles. The Labute approximate surface area is 143 Å². The summed E-state index contributed by atoms with van der Waals surface area (Å²) in [6, 6.07) is 12.1. The van der Waals surface area contributed by atoms with Crippen LogP contribution in [0.25, 0.3) is 0 Å². The van der Waals surface area contributed by atoms with Gasteiger partial charge in [-0.05, 0) is 62.2 Å². The van der Waals surface area contributed by atoms with Crippen molar-refractivity contribution in [3.63, 3.8) is 0 Å². The maximum absolute atomic E-state index is 5.64. The van der Waals surface area contributed by atoms with Gasteiger partial charge in [-0.15, -0.1) is 0 Å². The molecule has 0 aliphatic heterocycles. The zero-order valence-electron chi connectivity index (χ0n) is 13.6. The highest BCUT2D eigenvalue weighted by Gasteiger charge is 2.03. The zero-order valence-corrected chi connectivity index (χ0v) is 14.5. The van der Waals surface area contributed by atoms with Gasteiger partial charge in [0.05, 0.1) is 6.61 Å². The van der Waals surface area contributed by atoms with Crippen LogP contribution < -0.4 is 15.4 Å². The van der Waals surface area contributed by atoms with Gasteiger partial charge >= 0.3 is 0 Å². The van der Waals surface area contributed by atoms with Crippen molar-refractivity contribution in [2.75, 3.05) is 18.5 Å². The molecule has 2 aromatic rings. The number of anilines is 1. The topological polar surface area (TPSA) is 46.2 Å². The fraction of sp³-hybridized carbons (Fsp3) is 0.333. The second-order valence-corrected chi connectivity index (χ2v) is 5.65. The van der Waals surface area contributed by atoms with Crippen molar-refractivity contribution in [2.24, 2.45) is 0 Å². The Kier molecular flexibility index (Phi) is 6.81. The lowest BCUT2D eigenvalue weighted by atomic mass is 10.1. The third-order valence-electron chi connectivity index (χ3n) is 3.33. The summed E-state index contributed by atoms with van der Waals surface area (Å²) in [5.74, 6) is 1.73. The Bertz CT molecular complexity index is 628. The molecule has 0 bridgehead atoms. The van der Waals surface area contributed by atoms with Gasteiger partial charge in [-0.3, -0.25) is 0 Å². The number of ether oxygens (including phenoxy) is 1. The van der Waals surface area contributed by atoms with Crippen molar-refractivity contribution in [3.05, 3.63) is 53.7 Å². The molecule has 0 aliphatic rings. The number of pyridine rings is 1. The first kappa shape index (κ1) is 17.2. The largest absolute Gasteiger partial charge is 0.494 e. The van der Waals surface area contributed by atoms with Gasteiger partial charge in [-0.25, -0.2) is 4.98 Å². The molecule has 0 fully saturated rings. The molecule has 1 heterocycles. The van der Waals surface area contributed by atoms with E-state index in [1.807, 2.05) is 50.4 Å². The molecular formula is C18H23N3OS. The average molecular weight is 329 g/mol. The van der Waals surface area contributed by atoms with E-state index in [1.54, 1.807) is 0 Å². The predicted molar refractivity (Wildman–Crippen MR) is 99.1 cm³/mol. The van der Waals surface area contributed by atoms with Crippen molar-refractivity contribution in [1.82, 2.24) is 10.3 Å². The van der Waals surface area contributed by atoms with E-state index in [9.17, 15) is 0 Å². The molecule has 2 N–H and O–H groups in total. The van der Waals surface area contributed by atoms with Crippen LogP contribution in [0.3, 0.4) is 0 Å². The Morgan fingerprint density at radius 1 is 1.22 bits per heavy atom. The van der Waals surface area contributed by atoms with Gasteiger partial charge in [0.2, 0.25) is 0 Å². The maximum atomic E-state index is 5.64. The number of hydrogen-bond acceptors (Lipinski definition) is 3. The Balaban J connectivity index is 1.73. The van der Waals surface area contributed by atoms with Gasteiger partial charge in [-0.1, -0.05) is 24.3 Å². The molecule has 0 amide bonds. The third kappa shape index (κ3) is 5.87.